The van der Waals surface area contributed by atoms with Crippen LogP contribution in [0.4, 0.5) is 5.69 Å². The van der Waals surface area contributed by atoms with Crippen LogP contribution in [0.1, 0.15) is 27.7 Å². The predicted octanol–water partition coefficient (Wildman–Crippen LogP) is 3.67. The molecule has 36 heavy (non-hydrogen) atoms. The molecule has 1 aromatic heterocycles. The van der Waals surface area contributed by atoms with Crippen LogP contribution >= 0.6 is 0 Å². The lowest BCUT2D eigenvalue weighted by Crippen LogP contribution is -2.30. The molecule has 0 aliphatic carbocycles. The molecule has 1 unspecified atom stereocenters. The third kappa shape index (κ3) is 6.87. The zero-order valence-electron chi connectivity index (χ0n) is 21.2. The van der Waals surface area contributed by atoms with Gasteiger partial charge in [0.1, 0.15) is 6.61 Å². The van der Waals surface area contributed by atoms with Crippen LogP contribution in [-0.4, -0.2) is 71.3 Å². The lowest BCUT2D eigenvalue weighted by Gasteiger charge is -2.22. The average molecular weight is 499 g/mol. The number of ether oxygens (including phenoxy) is 5. The number of benzene rings is 2. The SMILES string of the molecule is CCOCCOc1nc(-c2ccc3c(c2)OCO3)n(-c2ccc(NCC(O)COC(C)(C)C)cc2)n1. The first-order valence-electron chi connectivity index (χ1n) is 12.1. The van der Waals surface area contributed by atoms with Gasteiger partial charge in [0.15, 0.2) is 17.3 Å². The van der Waals surface area contributed by atoms with Crippen LogP contribution in [0.2, 0.25) is 0 Å². The molecule has 2 aromatic carbocycles. The second kappa shape index (κ2) is 11.6. The highest BCUT2D eigenvalue weighted by molar-refractivity contribution is 5.64. The van der Waals surface area contributed by atoms with Crippen LogP contribution < -0.4 is 19.5 Å². The number of hydrogen-bond acceptors (Lipinski definition) is 9. The van der Waals surface area contributed by atoms with E-state index in [2.05, 4.69) is 15.4 Å². The third-order valence-electron chi connectivity index (χ3n) is 5.24. The minimum atomic E-state index is -0.617. The van der Waals surface area contributed by atoms with Crippen LogP contribution in [0.3, 0.4) is 0 Å². The van der Waals surface area contributed by atoms with Crippen molar-refractivity contribution < 1.29 is 28.8 Å². The molecule has 0 saturated heterocycles. The maximum atomic E-state index is 10.2. The van der Waals surface area contributed by atoms with Crippen molar-refractivity contribution >= 4 is 5.69 Å². The minimum absolute atomic E-state index is 0.197. The largest absolute Gasteiger partial charge is 0.460 e. The van der Waals surface area contributed by atoms with Crippen molar-refractivity contribution in [3.63, 3.8) is 0 Å². The fourth-order valence-corrected chi connectivity index (χ4v) is 3.45. The van der Waals surface area contributed by atoms with Crippen molar-refractivity contribution in [1.82, 2.24) is 14.8 Å². The molecular weight excluding hydrogens is 464 g/mol. The molecule has 0 bridgehead atoms. The van der Waals surface area contributed by atoms with E-state index < -0.39 is 6.10 Å². The lowest BCUT2D eigenvalue weighted by atomic mass is 10.2. The van der Waals surface area contributed by atoms with Gasteiger partial charge in [-0.3, -0.25) is 0 Å². The van der Waals surface area contributed by atoms with Crippen molar-refractivity contribution in [2.45, 2.75) is 39.4 Å². The molecule has 2 heterocycles. The quantitative estimate of drug-likeness (QED) is 0.362. The summed E-state index contributed by atoms with van der Waals surface area (Å²) in [7, 11) is 0. The molecule has 0 fully saturated rings. The van der Waals surface area contributed by atoms with Gasteiger partial charge >= 0.3 is 6.01 Å². The monoisotopic (exact) mass is 498 g/mol. The molecule has 0 spiro atoms. The summed E-state index contributed by atoms with van der Waals surface area (Å²) in [5.41, 5.74) is 2.20. The second-order valence-corrected chi connectivity index (χ2v) is 9.25. The molecule has 1 aliphatic rings. The highest BCUT2D eigenvalue weighted by Crippen LogP contribution is 2.36. The fraction of sp³-hybridized carbons (Fsp3) is 0.462. The molecule has 0 amide bonds. The van der Waals surface area contributed by atoms with Gasteiger partial charge in [0.25, 0.3) is 0 Å². The maximum Gasteiger partial charge on any atom is 0.336 e. The van der Waals surface area contributed by atoms with Crippen molar-refractivity contribution in [2.75, 3.05) is 45.1 Å². The molecule has 194 valence electrons. The molecule has 0 saturated carbocycles. The van der Waals surface area contributed by atoms with Crippen LogP contribution in [0.15, 0.2) is 42.5 Å². The first kappa shape index (κ1) is 25.7. The smallest absolute Gasteiger partial charge is 0.336 e. The van der Waals surface area contributed by atoms with Crippen molar-refractivity contribution in [3.8, 4) is 34.6 Å². The summed E-state index contributed by atoms with van der Waals surface area (Å²) in [5, 5.41) is 18.0. The van der Waals surface area contributed by atoms with Gasteiger partial charge in [0.05, 0.1) is 30.6 Å². The predicted molar refractivity (Wildman–Crippen MR) is 135 cm³/mol. The Kier molecular flexibility index (Phi) is 8.29. The van der Waals surface area contributed by atoms with Crippen LogP contribution in [0.5, 0.6) is 17.5 Å². The number of aliphatic hydroxyl groups excluding tert-OH is 1. The van der Waals surface area contributed by atoms with E-state index in [9.17, 15) is 5.11 Å². The van der Waals surface area contributed by atoms with Gasteiger partial charge in [-0.05, 0) is 70.2 Å². The minimum Gasteiger partial charge on any atom is -0.460 e. The molecule has 3 aromatic rings. The Labute approximate surface area is 211 Å². The van der Waals surface area contributed by atoms with Crippen LogP contribution in [0.25, 0.3) is 17.1 Å². The van der Waals surface area contributed by atoms with Gasteiger partial charge in [-0.1, -0.05) is 0 Å². The zero-order chi connectivity index (χ0) is 25.5. The van der Waals surface area contributed by atoms with E-state index in [-0.39, 0.29) is 25.0 Å². The Balaban J connectivity index is 1.50. The number of nitrogens with zero attached hydrogens (tertiary/aromatic N) is 3. The summed E-state index contributed by atoms with van der Waals surface area (Å²) >= 11 is 0. The maximum absolute atomic E-state index is 10.2. The van der Waals surface area contributed by atoms with Crippen LogP contribution in [0, 0.1) is 0 Å². The van der Waals surface area contributed by atoms with Gasteiger partial charge in [0, 0.05) is 24.4 Å². The van der Waals surface area contributed by atoms with E-state index in [1.54, 1.807) is 4.68 Å². The fourth-order valence-electron chi connectivity index (χ4n) is 3.45. The molecule has 4 rings (SSSR count). The number of aliphatic hydroxyl groups is 1. The second-order valence-electron chi connectivity index (χ2n) is 9.25. The summed E-state index contributed by atoms with van der Waals surface area (Å²) < 4.78 is 29.4. The molecule has 1 aliphatic heterocycles. The number of aromatic nitrogens is 3. The van der Waals surface area contributed by atoms with Crippen molar-refractivity contribution in [1.29, 1.82) is 0 Å². The number of fused-ring (bicyclic) bond motifs is 1. The summed E-state index contributed by atoms with van der Waals surface area (Å²) in [4.78, 5) is 4.62. The molecule has 1 atom stereocenters. The zero-order valence-corrected chi connectivity index (χ0v) is 21.2. The van der Waals surface area contributed by atoms with Crippen molar-refractivity contribution in [3.05, 3.63) is 42.5 Å². The topological polar surface area (TPSA) is 109 Å². The highest BCUT2D eigenvalue weighted by Gasteiger charge is 2.20. The number of rotatable bonds is 12. The van der Waals surface area contributed by atoms with E-state index in [4.69, 9.17) is 23.7 Å². The molecule has 10 heteroatoms. The van der Waals surface area contributed by atoms with E-state index in [0.29, 0.717) is 43.7 Å². The molecule has 0 radical (unpaired) electrons. The Morgan fingerprint density at radius 2 is 1.86 bits per heavy atom. The number of hydrogen-bond donors (Lipinski definition) is 2. The van der Waals surface area contributed by atoms with Crippen LogP contribution in [-0.2, 0) is 9.47 Å². The van der Waals surface area contributed by atoms with Crippen molar-refractivity contribution in [2.24, 2.45) is 0 Å². The van der Waals surface area contributed by atoms with E-state index >= 15 is 0 Å². The Morgan fingerprint density at radius 1 is 1.08 bits per heavy atom. The van der Waals surface area contributed by atoms with Gasteiger partial charge in [-0.15, -0.1) is 5.10 Å². The molecule has 10 nitrogen and oxygen atoms in total. The standard InChI is InChI=1S/C26H34N4O6/c1-5-32-12-13-33-25-28-24(18-6-11-22-23(14-18)35-17-34-22)30(29-25)20-9-7-19(8-10-20)27-15-21(31)16-36-26(2,3)4/h6-11,14,21,27,31H,5,12-13,15-17H2,1-4H3. The summed E-state index contributed by atoms with van der Waals surface area (Å²) in [6, 6.07) is 13.6. The molecular formula is C26H34N4O6. The number of anilines is 1. The Morgan fingerprint density at radius 3 is 2.61 bits per heavy atom. The third-order valence-corrected chi connectivity index (χ3v) is 5.24. The van der Waals surface area contributed by atoms with Gasteiger partial charge in [-0.25, -0.2) is 4.68 Å². The summed E-state index contributed by atoms with van der Waals surface area (Å²) in [5.74, 6) is 1.97. The van der Waals surface area contributed by atoms with E-state index in [1.165, 1.54) is 0 Å². The Hall–Kier alpha value is -3.34. The first-order chi connectivity index (χ1) is 17.3. The number of nitrogens with one attached hydrogen (secondary N) is 1. The summed E-state index contributed by atoms with van der Waals surface area (Å²) in [6.45, 7) is 10.1. The highest BCUT2D eigenvalue weighted by atomic mass is 16.7. The molecule has 2 N–H and O–H groups in total. The van der Waals surface area contributed by atoms with Gasteiger partial charge in [-0.2, -0.15) is 4.98 Å². The first-order valence-corrected chi connectivity index (χ1v) is 12.1. The average Bonchev–Trinajstić information content (AvgIpc) is 3.51. The van der Waals surface area contributed by atoms with E-state index in [0.717, 1.165) is 16.9 Å². The lowest BCUT2D eigenvalue weighted by molar-refractivity contribution is -0.0449. The summed E-state index contributed by atoms with van der Waals surface area (Å²) in [6.07, 6.45) is -0.617. The van der Waals surface area contributed by atoms with Gasteiger partial charge in [0.2, 0.25) is 6.79 Å². The Bertz CT molecular complexity index is 1130. The van der Waals surface area contributed by atoms with E-state index in [1.807, 2.05) is 70.2 Å². The normalized spacial score (nSPS) is 13.6. The van der Waals surface area contributed by atoms with Gasteiger partial charge < -0.3 is 34.1 Å².